The number of carbonyl (C=O) groups excluding carboxylic acids is 1. The number of carbonyl (C=O) groups is 1. The van der Waals surface area contributed by atoms with E-state index in [9.17, 15) is 4.79 Å². The van der Waals surface area contributed by atoms with E-state index in [-0.39, 0.29) is 11.5 Å². The highest BCUT2D eigenvalue weighted by atomic mass is 16.1. The maximum Gasteiger partial charge on any atom is 0.229 e. The number of anilines is 4. The van der Waals surface area contributed by atoms with Crippen LogP contribution in [0.2, 0.25) is 0 Å². The van der Waals surface area contributed by atoms with E-state index in [4.69, 9.17) is 11.0 Å². The van der Waals surface area contributed by atoms with Crippen molar-refractivity contribution in [3.05, 3.63) is 76.6 Å². The lowest BCUT2D eigenvalue weighted by atomic mass is 9.88. The maximum absolute atomic E-state index is 12.4. The molecule has 3 aromatic rings. The van der Waals surface area contributed by atoms with E-state index in [1.165, 1.54) is 0 Å². The number of ketones is 1. The second-order valence-corrected chi connectivity index (χ2v) is 8.91. The minimum atomic E-state index is -0.525. The zero-order chi connectivity index (χ0) is 24.2. The molecule has 0 bridgehead atoms. The Bertz CT molecular complexity index is 1220. The molecule has 7 nitrogen and oxygen atoms in total. The molecule has 0 radical (unpaired) electrons. The molecular formula is C26H28N6O. The van der Waals surface area contributed by atoms with Gasteiger partial charge in [-0.25, -0.2) is 4.98 Å². The third kappa shape index (κ3) is 5.95. The molecule has 0 unspecified atom stereocenters. The summed E-state index contributed by atoms with van der Waals surface area (Å²) in [6, 6.07) is 14.9. The summed E-state index contributed by atoms with van der Waals surface area (Å²) in [5.41, 5.74) is 10.9. The van der Waals surface area contributed by atoms with Crippen molar-refractivity contribution in [3.8, 4) is 6.07 Å². The Morgan fingerprint density at radius 1 is 1.06 bits per heavy atom. The van der Waals surface area contributed by atoms with Crippen LogP contribution in [0.15, 0.2) is 54.4 Å². The normalized spacial score (nSPS) is 11.6. The van der Waals surface area contributed by atoms with Crippen LogP contribution >= 0.6 is 0 Å². The third-order valence-electron chi connectivity index (χ3n) is 5.00. The monoisotopic (exact) mass is 440 g/mol. The van der Waals surface area contributed by atoms with E-state index in [2.05, 4.69) is 26.7 Å². The average molecular weight is 441 g/mol. The van der Waals surface area contributed by atoms with E-state index in [0.717, 1.165) is 28.1 Å². The molecule has 7 heteroatoms. The van der Waals surface area contributed by atoms with Gasteiger partial charge in [-0.1, -0.05) is 20.8 Å². The first-order valence-corrected chi connectivity index (χ1v) is 10.6. The van der Waals surface area contributed by atoms with Crippen LogP contribution in [-0.2, 0) is 4.79 Å². The lowest BCUT2D eigenvalue weighted by Crippen LogP contribution is -2.25. The van der Waals surface area contributed by atoms with Gasteiger partial charge >= 0.3 is 0 Å². The molecule has 4 N–H and O–H groups in total. The maximum atomic E-state index is 12.4. The number of hydrogen-bond acceptors (Lipinski definition) is 7. The van der Waals surface area contributed by atoms with Gasteiger partial charge < -0.3 is 16.4 Å². The molecule has 0 aliphatic carbocycles. The Morgan fingerprint density at radius 2 is 1.70 bits per heavy atom. The number of aromatic nitrogens is 2. The van der Waals surface area contributed by atoms with Crippen molar-refractivity contribution in [1.29, 1.82) is 5.26 Å². The Labute approximate surface area is 194 Å². The van der Waals surface area contributed by atoms with Crippen molar-refractivity contribution in [3.63, 3.8) is 0 Å². The molecule has 0 saturated heterocycles. The molecule has 0 spiro atoms. The summed E-state index contributed by atoms with van der Waals surface area (Å²) < 4.78 is 0. The molecule has 0 aliphatic rings. The van der Waals surface area contributed by atoms with Crippen molar-refractivity contribution in [1.82, 2.24) is 9.97 Å². The van der Waals surface area contributed by atoms with E-state index in [0.29, 0.717) is 17.3 Å². The first-order valence-electron chi connectivity index (χ1n) is 10.6. The average Bonchev–Trinajstić information content (AvgIpc) is 2.76. The minimum Gasteiger partial charge on any atom is -0.396 e. The van der Waals surface area contributed by atoms with Gasteiger partial charge in [0, 0.05) is 23.0 Å². The van der Waals surface area contributed by atoms with Gasteiger partial charge in [0.2, 0.25) is 5.95 Å². The van der Waals surface area contributed by atoms with Crippen molar-refractivity contribution < 1.29 is 4.79 Å². The van der Waals surface area contributed by atoms with Gasteiger partial charge in [0.1, 0.15) is 5.82 Å². The van der Waals surface area contributed by atoms with Crippen LogP contribution in [-0.4, -0.2) is 15.8 Å². The van der Waals surface area contributed by atoms with Crippen molar-refractivity contribution in [2.45, 2.75) is 34.6 Å². The number of nitrogens with one attached hydrogen (secondary N) is 2. The highest BCUT2D eigenvalue weighted by molar-refractivity contribution is 6.02. The standard InChI is InChI=1S/C26H28N6O/c1-16-12-19(14-21(28)24(33)26(3,4)5)13-17(2)23(16)31-22-10-11-29-25(32-22)30-20-8-6-18(15-27)7-9-20/h6-14H,28H2,1-5H3,(H2,29,30,31,32)/b21-14+. The zero-order valence-corrected chi connectivity index (χ0v) is 19.5. The van der Waals surface area contributed by atoms with Gasteiger partial charge in [-0.15, -0.1) is 0 Å². The molecule has 2 aromatic carbocycles. The van der Waals surface area contributed by atoms with Gasteiger partial charge in [0.05, 0.1) is 17.3 Å². The summed E-state index contributed by atoms with van der Waals surface area (Å²) in [6.07, 6.45) is 3.39. The third-order valence-corrected chi connectivity index (χ3v) is 5.00. The Morgan fingerprint density at radius 3 is 2.27 bits per heavy atom. The fourth-order valence-corrected chi connectivity index (χ4v) is 3.33. The van der Waals surface area contributed by atoms with Gasteiger partial charge in [-0.3, -0.25) is 4.79 Å². The number of Topliss-reactive ketones (excluding diaryl/α,β-unsaturated/α-hetero) is 1. The smallest absolute Gasteiger partial charge is 0.229 e. The summed E-state index contributed by atoms with van der Waals surface area (Å²) in [7, 11) is 0. The van der Waals surface area contributed by atoms with E-state index in [1.807, 2.05) is 46.8 Å². The summed E-state index contributed by atoms with van der Waals surface area (Å²) in [6.45, 7) is 9.54. The topological polar surface area (TPSA) is 117 Å². The fourth-order valence-electron chi connectivity index (χ4n) is 3.33. The summed E-state index contributed by atoms with van der Waals surface area (Å²) in [5, 5.41) is 15.4. The summed E-state index contributed by atoms with van der Waals surface area (Å²) in [5.74, 6) is 0.995. The lowest BCUT2D eigenvalue weighted by molar-refractivity contribution is -0.122. The number of aryl methyl sites for hydroxylation is 2. The van der Waals surface area contributed by atoms with Crippen molar-refractivity contribution >= 4 is 35.0 Å². The number of nitrogens with two attached hydrogens (primary N) is 1. The van der Waals surface area contributed by atoms with E-state index in [1.54, 1.807) is 42.6 Å². The fraction of sp³-hybridized carbons (Fsp3) is 0.231. The molecule has 33 heavy (non-hydrogen) atoms. The van der Waals surface area contributed by atoms with Crippen LogP contribution in [0.1, 0.15) is 43.0 Å². The van der Waals surface area contributed by atoms with Crippen LogP contribution in [0.5, 0.6) is 0 Å². The number of nitrogens with zero attached hydrogens (tertiary/aromatic N) is 3. The predicted octanol–water partition coefficient (Wildman–Crippen LogP) is 5.37. The molecular weight excluding hydrogens is 412 g/mol. The van der Waals surface area contributed by atoms with Crippen LogP contribution in [0.3, 0.4) is 0 Å². The Hall–Kier alpha value is -4.18. The first kappa shape index (κ1) is 23.5. The summed E-state index contributed by atoms with van der Waals surface area (Å²) in [4.78, 5) is 21.2. The van der Waals surface area contributed by atoms with Gasteiger partial charge in [-0.05, 0) is 79.1 Å². The summed E-state index contributed by atoms with van der Waals surface area (Å²) >= 11 is 0. The van der Waals surface area contributed by atoms with E-state index < -0.39 is 5.41 Å². The molecule has 3 rings (SSSR count). The number of nitriles is 1. The Kier molecular flexibility index (Phi) is 6.78. The predicted molar refractivity (Wildman–Crippen MR) is 132 cm³/mol. The second-order valence-electron chi connectivity index (χ2n) is 8.91. The van der Waals surface area contributed by atoms with Crippen LogP contribution in [0.25, 0.3) is 6.08 Å². The second kappa shape index (κ2) is 9.53. The number of benzene rings is 2. The molecule has 0 aliphatic heterocycles. The lowest BCUT2D eigenvalue weighted by Gasteiger charge is -2.17. The van der Waals surface area contributed by atoms with Crippen LogP contribution in [0, 0.1) is 30.6 Å². The zero-order valence-electron chi connectivity index (χ0n) is 19.5. The molecule has 0 saturated carbocycles. The van der Waals surface area contributed by atoms with Gasteiger partial charge in [-0.2, -0.15) is 10.2 Å². The number of hydrogen-bond donors (Lipinski definition) is 3. The first-order chi connectivity index (χ1) is 15.6. The highest BCUT2D eigenvalue weighted by Crippen LogP contribution is 2.27. The molecule has 0 atom stereocenters. The highest BCUT2D eigenvalue weighted by Gasteiger charge is 2.23. The quantitative estimate of drug-likeness (QED) is 0.441. The molecule has 1 heterocycles. The molecule has 1 aromatic heterocycles. The van der Waals surface area contributed by atoms with Crippen LogP contribution in [0.4, 0.5) is 23.1 Å². The SMILES string of the molecule is Cc1cc(/C=C(/N)C(=O)C(C)(C)C)cc(C)c1Nc1ccnc(Nc2ccc(C#N)cc2)n1. The largest absolute Gasteiger partial charge is 0.396 e. The molecule has 0 amide bonds. The number of rotatable bonds is 6. The van der Waals surface area contributed by atoms with Crippen LogP contribution < -0.4 is 16.4 Å². The number of allylic oxidation sites excluding steroid dienone is 1. The molecule has 168 valence electrons. The minimum absolute atomic E-state index is 0.0803. The Balaban J connectivity index is 1.80. The van der Waals surface area contributed by atoms with Crippen molar-refractivity contribution in [2.24, 2.45) is 11.1 Å². The molecule has 0 fully saturated rings. The van der Waals surface area contributed by atoms with E-state index >= 15 is 0 Å². The van der Waals surface area contributed by atoms with Crippen molar-refractivity contribution in [2.75, 3.05) is 10.6 Å². The van der Waals surface area contributed by atoms with Gasteiger partial charge in [0.25, 0.3) is 0 Å². The van der Waals surface area contributed by atoms with Gasteiger partial charge in [0.15, 0.2) is 5.78 Å².